The van der Waals surface area contributed by atoms with Crippen molar-refractivity contribution in [3.8, 4) is 11.4 Å². The Hall–Kier alpha value is -1.65. The summed E-state index contributed by atoms with van der Waals surface area (Å²) in [5.41, 5.74) is 1.55. The molecule has 5 heteroatoms. The first kappa shape index (κ1) is 8.93. The third-order valence-corrected chi connectivity index (χ3v) is 2.11. The van der Waals surface area contributed by atoms with Crippen LogP contribution in [0.1, 0.15) is 12.6 Å². The van der Waals surface area contributed by atoms with Crippen molar-refractivity contribution in [2.75, 3.05) is 0 Å². The lowest BCUT2D eigenvalue weighted by Crippen LogP contribution is -1.99. The van der Waals surface area contributed by atoms with Crippen molar-refractivity contribution in [2.24, 2.45) is 0 Å². The number of aromatic nitrogens is 4. The lowest BCUT2D eigenvalue weighted by molar-refractivity contribution is 0.617. The smallest absolute Gasteiger partial charge is 0.173 e. The summed E-state index contributed by atoms with van der Waals surface area (Å²) in [7, 11) is 0. The number of imidazole rings is 1. The molecule has 0 unspecified atom stereocenters. The van der Waals surface area contributed by atoms with Gasteiger partial charge in [-0.25, -0.2) is 9.37 Å². The first-order chi connectivity index (χ1) is 6.74. The number of aryl methyl sites for hydroxylation is 2. The molecule has 0 fully saturated rings. The standard InChI is InChI=1S/C9H11FN4/c1-3-14-9(7-4-11-5-12-7)8(10)6(2)13-14/h4-5H,3H2,1-2H3,(H,11,12). The highest BCUT2D eigenvalue weighted by Gasteiger charge is 2.16. The third kappa shape index (κ3) is 1.21. The van der Waals surface area contributed by atoms with Crippen molar-refractivity contribution in [1.82, 2.24) is 19.7 Å². The number of hydrogen-bond donors (Lipinski definition) is 1. The van der Waals surface area contributed by atoms with Crippen LogP contribution in [-0.2, 0) is 6.54 Å². The minimum Gasteiger partial charge on any atom is -0.343 e. The highest BCUT2D eigenvalue weighted by atomic mass is 19.1. The summed E-state index contributed by atoms with van der Waals surface area (Å²) in [6.45, 7) is 4.21. The number of rotatable bonds is 2. The van der Waals surface area contributed by atoms with Crippen LogP contribution in [0.3, 0.4) is 0 Å². The largest absolute Gasteiger partial charge is 0.343 e. The van der Waals surface area contributed by atoms with E-state index in [1.54, 1.807) is 17.8 Å². The molecule has 2 aromatic heterocycles. The molecule has 0 aliphatic rings. The predicted octanol–water partition coefficient (Wildman–Crippen LogP) is 1.74. The van der Waals surface area contributed by atoms with E-state index >= 15 is 0 Å². The topological polar surface area (TPSA) is 46.5 Å². The molecule has 0 atom stereocenters. The van der Waals surface area contributed by atoms with Crippen molar-refractivity contribution in [3.63, 3.8) is 0 Å². The predicted molar refractivity (Wildman–Crippen MR) is 50.2 cm³/mol. The molecule has 0 saturated heterocycles. The summed E-state index contributed by atoms with van der Waals surface area (Å²) in [5.74, 6) is -0.281. The molecule has 2 aromatic rings. The van der Waals surface area contributed by atoms with Gasteiger partial charge in [0.2, 0.25) is 0 Å². The fourth-order valence-electron chi connectivity index (χ4n) is 1.43. The van der Waals surface area contributed by atoms with Gasteiger partial charge in [0.1, 0.15) is 5.69 Å². The summed E-state index contributed by atoms with van der Waals surface area (Å²) in [4.78, 5) is 6.73. The monoisotopic (exact) mass is 194 g/mol. The van der Waals surface area contributed by atoms with Gasteiger partial charge in [0.05, 0.1) is 23.9 Å². The molecule has 0 saturated carbocycles. The van der Waals surface area contributed by atoms with E-state index in [-0.39, 0.29) is 5.82 Å². The Kier molecular flexibility index (Phi) is 2.07. The van der Waals surface area contributed by atoms with Crippen molar-refractivity contribution >= 4 is 0 Å². The summed E-state index contributed by atoms with van der Waals surface area (Å²) >= 11 is 0. The molecule has 4 nitrogen and oxygen atoms in total. The number of nitrogens with one attached hydrogen (secondary N) is 1. The van der Waals surface area contributed by atoms with Gasteiger partial charge in [-0.2, -0.15) is 5.10 Å². The van der Waals surface area contributed by atoms with Gasteiger partial charge in [-0.15, -0.1) is 0 Å². The molecule has 0 aromatic carbocycles. The number of nitrogens with zero attached hydrogens (tertiary/aromatic N) is 3. The van der Waals surface area contributed by atoms with Gasteiger partial charge in [-0.1, -0.05) is 0 Å². The summed E-state index contributed by atoms with van der Waals surface area (Å²) in [6.07, 6.45) is 3.11. The maximum Gasteiger partial charge on any atom is 0.173 e. The van der Waals surface area contributed by atoms with Crippen LogP contribution < -0.4 is 0 Å². The van der Waals surface area contributed by atoms with E-state index in [1.165, 1.54) is 6.33 Å². The fourth-order valence-corrected chi connectivity index (χ4v) is 1.43. The van der Waals surface area contributed by atoms with E-state index in [1.807, 2.05) is 6.92 Å². The molecule has 2 rings (SSSR count). The van der Waals surface area contributed by atoms with Gasteiger partial charge in [0.25, 0.3) is 0 Å². The molecule has 0 aliphatic carbocycles. The van der Waals surface area contributed by atoms with E-state index < -0.39 is 0 Å². The molecule has 0 amide bonds. The molecular weight excluding hydrogens is 183 g/mol. The van der Waals surface area contributed by atoms with E-state index in [4.69, 9.17) is 0 Å². The maximum absolute atomic E-state index is 13.6. The molecule has 0 aliphatic heterocycles. The highest BCUT2D eigenvalue weighted by Crippen LogP contribution is 2.22. The summed E-state index contributed by atoms with van der Waals surface area (Å²) in [5, 5.41) is 4.08. The molecule has 1 N–H and O–H groups in total. The van der Waals surface area contributed by atoms with Crippen LogP contribution in [-0.4, -0.2) is 19.7 Å². The van der Waals surface area contributed by atoms with Crippen molar-refractivity contribution in [3.05, 3.63) is 24.0 Å². The molecule has 0 spiro atoms. The van der Waals surface area contributed by atoms with E-state index in [0.717, 1.165) is 0 Å². The maximum atomic E-state index is 13.6. The van der Waals surface area contributed by atoms with Gasteiger partial charge in [-0.3, -0.25) is 4.68 Å². The average Bonchev–Trinajstić information content (AvgIpc) is 2.76. The summed E-state index contributed by atoms with van der Waals surface area (Å²) < 4.78 is 15.3. The highest BCUT2D eigenvalue weighted by molar-refractivity contribution is 5.54. The van der Waals surface area contributed by atoms with Crippen molar-refractivity contribution in [2.45, 2.75) is 20.4 Å². The second kappa shape index (κ2) is 3.25. The normalized spacial score (nSPS) is 10.8. The van der Waals surface area contributed by atoms with Crippen LogP contribution in [0.4, 0.5) is 4.39 Å². The number of hydrogen-bond acceptors (Lipinski definition) is 2. The minimum absolute atomic E-state index is 0.281. The Morgan fingerprint density at radius 2 is 2.36 bits per heavy atom. The number of halogens is 1. The number of H-pyrrole nitrogens is 1. The van der Waals surface area contributed by atoms with Crippen LogP contribution >= 0.6 is 0 Å². The van der Waals surface area contributed by atoms with Crippen LogP contribution in [0, 0.1) is 12.7 Å². The van der Waals surface area contributed by atoms with Crippen molar-refractivity contribution in [1.29, 1.82) is 0 Å². The first-order valence-corrected chi connectivity index (χ1v) is 4.45. The van der Waals surface area contributed by atoms with Crippen LogP contribution in [0.25, 0.3) is 11.4 Å². The Bertz CT molecular complexity index is 430. The molecule has 14 heavy (non-hydrogen) atoms. The second-order valence-electron chi connectivity index (χ2n) is 3.03. The van der Waals surface area contributed by atoms with Crippen LogP contribution in [0.5, 0.6) is 0 Å². The van der Waals surface area contributed by atoms with Crippen LogP contribution in [0.15, 0.2) is 12.5 Å². The average molecular weight is 194 g/mol. The zero-order chi connectivity index (χ0) is 10.1. The van der Waals surface area contributed by atoms with Gasteiger partial charge in [0, 0.05) is 6.54 Å². The molecule has 0 bridgehead atoms. The minimum atomic E-state index is -0.281. The van der Waals surface area contributed by atoms with Gasteiger partial charge in [-0.05, 0) is 13.8 Å². The van der Waals surface area contributed by atoms with Crippen LogP contribution in [0.2, 0.25) is 0 Å². The SMILES string of the molecule is CCn1nc(C)c(F)c1-c1cnc[nH]1. The Morgan fingerprint density at radius 1 is 1.57 bits per heavy atom. The Labute approximate surface area is 80.8 Å². The second-order valence-corrected chi connectivity index (χ2v) is 3.03. The lowest BCUT2D eigenvalue weighted by atomic mass is 10.3. The summed E-state index contributed by atoms with van der Waals surface area (Å²) in [6, 6.07) is 0. The third-order valence-electron chi connectivity index (χ3n) is 2.11. The molecule has 74 valence electrons. The number of aromatic amines is 1. The quantitative estimate of drug-likeness (QED) is 0.791. The lowest BCUT2D eigenvalue weighted by Gasteiger charge is -2.00. The Morgan fingerprint density at radius 3 is 2.93 bits per heavy atom. The molecule has 0 radical (unpaired) electrons. The fraction of sp³-hybridized carbons (Fsp3) is 0.333. The van der Waals surface area contributed by atoms with E-state index in [2.05, 4.69) is 15.1 Å². The molecule has 2 heterocycles. The van der Waals surface area contributed by atoms with Gasteiger partial charge < -0.3 is 4.98 Å². The van der Waals surface area contributed by atoms with E-state index in [9.17, 15) is 4.39 Å². The van der Waals surface area contributed by atoms with Gasteiger partial charge in [0.15, 0.2) is 5.82 Å². The van der Waals surface area contributed by atoms with E-state index in [0.29, 0.717) is 23.6 Å². The Balaban J connectivity index is 2.61. The first-order valence-electron chi connectivity index (χ1n) is 4.45. The van der Waals surface area contributed by atoms with Gasteiger partial charge >= 0.3 is 0 Å². The zero-order valence-electron chi connectivity index (χ0n) is 8.08. The van der Waals surface area contributed by atoms with Crippen molar-refractivity contribution < 1.29 is 4.39 Å². The zero-order valence-corrected chi connectivity index (χ0v) is 8.08. The molecular formula is C9H11FN4.